The van der Waals surface area contributed by atoms with Crippen LogP contribution in [0.25, 0.3) is 0 Å². The summed E-state index contributed by atoms with van der Waals surface area (Å²) in [6.07, 6.45) is 5.48. The molecule has 0 spiro atoms. The number of hydrogen-bond acceptors (Lipinski definition) is 4. The fourth-order valence-electron chi connectivity index (χ4n) is 2.18. The number of terminal acetylenes is 1. The van der Waals surface area contributed by atoms with E-state index < -0.39 is 5.54 Å². The molecule has 1 atom stereocenters. The maximum atomic E-state index is 5.71. The van der Waals surface area contributed by atoms with E-state index in [4.69, 9.17) is 16.9 Å². The average molecular weight is 298 g/mol. The van der Waals surface area contributed by atoms with Crippen molar-refractivity contribution in [3.63, 3.8) is 0 Å². The van der Waals surface area contributed by atoms with Crippen LogP contribution < -0.4 is 5.73 Å². The molecule has 2 N–H and O–H groups in total. The lowest BCUT2D eigenvalue weighted by molar-refractivity contribution is 0.106. The van der Waals surface area contributed by atoms with Crippen molar-refractivity contribution in [2.24, 2.45) is 10.7 Å². The second-order valence-electron chi connectivity index (χ2n) is 4.85. The molecule has 0 amide bonds. The van der Waals surface area contributed by atoms with Gasteiger partial charge in [0, 0.05) is 5.56 Å². The monoisotopic (exact) mass is 298 g/mol. The van der Waals surface area contributed by atoms with Crippen LogP contribution in [0.1, 0.15) is 18.1 Å². The van der Waals surface area contributed by atoms with E-state index in [1.54, 1.807) is 11.3 Å². The van der Waals surface area contributed by atoms with Crippen molar-refractivity contribution in [1.29, 1.82) is 0 Å². The molecule has 0 bridgehead atoms. The Morgan fingerprint density at radius 3 is 2.57 bits per heavy atom. The molecule has 0 fully saturated rings. The number of rotatable bonds is 1. The van der Waals surface area contributed by atoms with Crippen molar-refractivity contribution >= 4 is 17.2 Å². The van der Waals surface area contributed by atoms with E-state index in [1.807, 2.05) is 54.1 Å². The van der Waals surface area contributed by atoms with E-state index in [0.29, 0.717) is 19.0 Å². The summed E-state index contributed by atoms with van der Waals surface area (Å²) in [6, 6.07) is 11.8. The van der Waals surface area contributed by atoms with Crippen LogP contribution in [-0.4, -0.2) is 19.0 Å². The maximum absolute atomic E-state index is 5.71. The molecule has 0 saturated carbocycles. The van der Waals surface area contributed by atoms with Crippen molar-refractivity contribution in [2.75, 3.05) is 13.2 Å². The summed E-state index contributed by atoms with van der Waals surface area (Å²) in [4.78, 5) is 4.47. The van der Waals surface area contributed by atoms with Crippen LogP contribution in [0.4, 0.5) is 0 Å². The minimum atomic E-state index is -0.467. The Bertz CT molecular complexity index is 626. The zero-order chi connectivity index (χ0) is 15.1. The van der Waals surface area contributed by atoms with E-state index in [2.05, 4.69) is 10.9 Å². The van der Waals surface area contributed by atoms with Gasteiger partial charge in [-0.15, -0.1) is 6.42 Å². The lowest BCUT2D eigenvalue weighted by Gasteiger charge is -2.30. The SMILES string of the molecule is C#Cc1ccccc1C1(C)COCC(N)=N1.c1ccsc1. The van der Waals surface area contributed by atoms with E-state index >= 15 is 0 Å². The first-order valence-electron chi connectivity index (χ1n) is 6.61. The predicted octanol–water partition coefficient (Wildman–Crippen LogP) is 3.02. The Labute approximate surface area is 129 Å². The van der Waals surface area contributed by atoms with Gasteiger partial charge in [-0.3, -0.25) is 4.99 Å². The number of thiophene rings is 1. The van der Waals surface area contributed by atoms with Crippen LogP contribution >= 0.6 is 11.3 Å². The van der Waals surface area contributed by atoms with Gasteiger partial charge in [-0.25, -0.2) is 0 Å². The molecule has 2 aromatic rings. The molecule has 1 aliphatic rings. The van der Waals surface area contributed by atoms with Crippen molar-refractivity contribution in [3.05, 3.63) is 58.3 Å². The first-order chi connectivity index (χ1) is 10.2. The standard InChI is InChI=1S/C13H14N2O.C4H4S/c1-3-10-6-4-5-7-11(10)13(2)9-16-8-12(14)15-13;1-2-4-5-3-1/h1,4-7H,8-9H2,2H3,(H2,14,15);1-4H. The quantitative estimate of drug-likeness (QED) is 0.823. The fraction of sp³-hybridized carbons (Fsp3) is 0.235. The maximum Gasteiger partial charge on any atom is 0.121 e. The van der Waals surface area contributed by atoms with Crippen LogP contribution in [0.2, 0.25) is 0 Å². The third-order valence-corrected chi connectivity index (χ3v) is 3.74. The van der Waals surface area contributed by atoms with Gasteiger partial charge in [-0.2, -0.15) is 11.3 Å². The van der Waals surface area contributed by atoms with E-state index in [-0.39, 0.29) is 0 Å². The molecule has 0 radical (unpaired) electrons. The third kappa shape index (κ3) is 3.94. The molecule has 108 valence electrons. The lowest BCUT2D eigenvalue weighted by Crippen LogP contribution is -2.38. The number of nitrogens with zero attached hydrogens (tertiary/aromatic N) is 1. The highest BCUT2D eigenvalue weighted by atomic mass is 32.1. The number of amidine groups is 1. The molecule has 2 heterocycles. The summed E-state index contributed by atoms with van der Waals surface area (Å²) < 4.78 is 5.43. The summed E-state index contributed by atoms with van der Waals surface area (Å²) in [6.45, 7) is 2.88. The van der Waals surface area contributed by atoms with Crippen molar-refractivity contribution in [2.45, 2.75) is 12.5 Å². The molecular weight excluding hydrogens is 280 g/mol. The highest BCUT2D eigenvalue weighted by Gasteiger charge is 2.31. The van der Waals surface area contributed by atoms with Crippen LogP contribution in [0.3, 0.4) is 0 Å². The third-order valence-electron chi connectivity index (χ3n) is 3.11. The molecule has 1 aliphatic heterocycles. The molecule has 21 heavy (non-hydrogen) atoms. The van der Waals surface area contributed by atoms with Gasteiger partial charge in [-0.1, -0.05) is 36.3 Å². The highest BCUT2D eigenvalue weighted by Crippen LogP contribution is 2.30. The molecule has 4 heteroatoms. The first-order valence-corrected chi connectivity index (χ1v) is 7.55. The number of nitrogens with two attached hydrogens (primary N) is 1. The van der Waals surface area contributed by atoms with E-state index in [9.17, 15) is 0 Å². The first kappa shape index (κ1) is 15.3. The zero-order valence-electron chi connectivity index (χ0n) is 12.0. The predicted molar refractivity (Wildman–Crippen MR) is 88.5 cm³/mol. The van der Waals surface area contributed by atoms with Crippen molar-refractivity contribution in [1.82, 2.24) is 0 Å². The van der Waals surface area contributed by atoms with Gasteiger partial charge in [0.25, 0.3) is 0 Å². The molecule has 1 aromatic carbocycles. The Kier molecular flexibility index (Phi) is 5.15. The van der Waals surface area contributed by atoms with Crippen LogP contribution in [0.15, 0.2) is 52.2 Å². The van der Waals surface area contributed by atoms with Crippen LogP contribution in [0, 0.1) is 12.3 Å². The molecule has 0 saturated heterocycles. The summed E-state index contributed by atoms with van der Waals surface area (Å²) in [7, 11) is 0. The minimum Gasteiger partial charge on any atom is -0.386 e. The van der Waals surface area contributed by atoms with Gasteiger partial charge >= 0.3 is 0 Å². The Hall–Kier alpha value is -2.09. The number of hydrogen-bond donors (Lipinski definition) is 1. The average Bonchev–Trinajstić information content (AvgIpc) is 3.06. The largest absolute Gasteiger partial charge is 0.386 e. The number of benzene rings is 1. The smallest absolute Gasteiger partial charge is 0.121 e. The number of ether oxygens (including phenoxy) is 1. The van der Waals surface area contributed by atoms with E-state index in [0.717, 1.165) is 11.1 Å². The molecule has 1 aromatic heterocycles. The second-order valence-corrected chi connectivity index (χ2v) is 5.67. The summed E-state index contributed by atoms with van der Waals surface area (Å²) in [5.41, 5.74) is 7.07. The molecule has 0 aliphatic carbocycles. The summed E-state index contributed by atoms with van der Waals surface area (Å²) >= 11 is 1.71. The van der Waals surface area contributed by atoms with Crippen LogP contribution in [0.5, 0.6) is 0 Å². The van der Waals surface area contributed by atoms with Gasteiger partial charge in [0.05, 0.1) is 6.61 Å². The van der Waals surface area contributed by atoms with Gasteiger partial charge < -0.3 is 10.5 Å². The van der Waals surface area contributed by atoms with Gasteiger partial charge in [0.2, 0.25) is 0 Å². The molecule has 1 unspecified atom stereocenters. The van der Waals surface area contributed by atoms with Gasteiger partial charge in [-0.05, 0) is 29.3 Å². The fourth-order valence-corrected chi connectivity index (χ4v) is 2.63. The Morgan fingerprint density at radius 1 is 1.29 bits per heavy atom. The minimum absolute atomic E-state index is 0.397. The van der Waals surface area contributed by atoms with Crippen molar-refractivity contribution in [3.8, 4) is 12.3 Å². The topological polar surface area (TPSA) is 47.6 Å². The Balaban J connectivity index is 0.000000272. The lowest BCUT2D eigenvalue weighted by atomic mass is 9.89. The summed E-state index contributed by atoms with van der Waals surface area (Å²) in [5.74, 6) is 3.18. The van der Waals surface area contributed by atoms with Crippen molar-refractivity contribution < 1.29 is 4.74 Å². The van der Waals surface area contributed by atoms with Gasteiger partial charge in [0.15, 0.2) is 0 Å². The normalized spacial score (nSPS) is 20.7. The second kappa shape index (κ2) is 7.07. The molecular formula is C17H18N2OS. The summed E-state index contributed by atoms with van der Waals surface area (Å²) in [5, 5.41) is 4.08. The molecule has 3 nitrogen and oxygen atoms in total. The zero-order valence-corrected chi connectivity index (χ0v) is 12.8. The Morgan fingerprint density at radius 2 is 2.00 bits per heavy atom. The van der Waals surface area contributed by atoms with E-state index in [1.165, 1.54) is 0 Å². The van der Waals surface area contributed by atoms with Crippen LogP contribution in [-0.2, 0) is 10.3 Å². The molecule has 3 rings (SSSR count). The highest BCUT2D eigenvalue weighted by molar-refractivity contribution is 7.07. The number of aliphatic imine (C=N–C) groups is 1. The van der Waals surface area contributed by atoms with Gasteiger partial charge in [0.1, 0.15) is 18.0 Å².